The van der Waals surface area contributed by atoms with E-state index < -0.39 is 10.7 Å². The van der Waals surface area contributed by atoms with E-state index >= 15 is 0 Å². The van der Waals surface area contributed by atoms with E-state index in [-0.39, 0.29) is 11.4 Å². The van der Waals surface area contributed by atoms with Crippen LogP contribution in [0, 0.1) is 15.9 Å². The molecule has 0 heterocycles. The Morgan fingerprint density at radius 1 is 1.21 bits per heavy atom. The van der Waals surface area contributed by atoms with Crippen molar-refractivity contribution in [2.75, 3.05) is 5.32 Å². The minimum Gasteiger partial charge on any atom is -0.377 e. The van der Waals surface area contributed by atoms with Crippen molar-refractivity contribution < 1.29 is 9.31 Å². The fourth-order valence-electron chi connectivity index (χ4n) is 1.59. The predicted octanol–water partition coefficient (Wildman–Crippen LogP) is 4.00. The first-order valence-corrected chi connectivity index (χ1v) is 5.87. The first-order chi connectivity index (χ1) is 9.08. The van der Waals surface area contributed by atoms with Crippen molar-refractivity contribution >= 4 is 23.0 Å². The zero-order chi connectivity index (χ0) is 13.8. The van der Waals surface area contributed by atoms with Gasteiger partial charge in [-0.05, 0) is 17.7 Å². The van der Waals surface area contributed by atoms with E-state index in [0.717, 1.165) is 5.56 Å². The highest BCUT2D eigenvalue weighted by Gasteiger charge is 2.07. The normalized spacial score (nSPS) is 10.2. The lowest BCUT2D eigenvalue weighted by molar-refractivity contribution is -0.384. The molecule has 2 aromatic carbocycles. The smallest absolute Gasteiger partial charge is 0.269 e. The largest absolute Gasteiger partial charge is 0.377 e. The maximum absolute atomic E-state index is 13.5. The van der Waals surface area contributed by atoms with Crippen molar-refractivity contribution in [1.82, 2.24) is 0 Å². The number of para-hydroxylation sites is 1. The van der Waals surface area contributed by atoms with E-state index in [4.69, 9.17) is 11.6 Å². The monoisotopic (exact) mass is 280 g/mol. The molecular formula is C13H10ClFN2O2. The molecule has 0 saturated heterocycles. The molecule has 0 atom stereocenters. The van der Waals surface area contributed by atoms with Crippen LogP contribution in [0.3, 0.4) is 0 Å². The number of nitro benzene ring substituents is 1. The molecule has 1 N–H and O–H groups in total. The van der Waals surface area contributed by atoms with Crippen LogP contribution < -0.4 is 5.32 Å². The summed E-state index contributed by atoms with van der Waals surface area (Å²) in [6, 6.07) is 10.4. The van der Waals surface area contributed by atoms with Gasteiger partial charge in [0, 0.05) is 18.7 Å². The highest BCUT2D eigenvalue weighted by molar-refractivity contribution is 6.33. The lowest BCUT2D eigenvalue weighted by atomic mass is 10.2. The van der Waals surface area contributed by atoms with Crippen molar-refractivity contribution in [2.24, 2.45) is 0 Å². The van der Waals surface area contributed by atoms with Gasteiger partial charge in [0.2, 0.25) is 0 Å². The van der Waals surface area contributed by atoms with E-state index in [1.54, 1.807) is 18.2 Å². The minimum atomic E-state index is -0.467. The molecular weight excluding hydrogens is 271 g/mol. The number of nitrogens with zero attached hydrogens (tertiary/aromatic N) is 1. The molecule has 2 rings (SSSR count). The number of benzene rings is 2. The second kappa shape index (κ2) is 5.67. The lowest BCUT2D eigenvalue weighted by Gasteiger charge is -2.09. The molecule has 0 saturated carbocycles. The molecule has 6 heteroatoms. The molecule has 0 unspecified atom stereocenters. The second-order valence-corrected chi connectivity index (χ2v) is 4.28. The van der Waals surface area contributed by atoms with Crippen LogP contribution in [0.1, 0.15) is 5.56 Å². The Bertz CT molecular complexity index is 582. The molecule has 19 heavy (non-hydrogen) atoms. The summed E-state index contributed by atoms with van der Waals surface area (Å²) < 4.78 is 13.5. The number of nitrogens with one attached hydrogen (secondary N) is 1. The highest BCUT2D eigenvalue weighted by Crippen LogP contribution is 2.25. The fraction of sp³-hybridized carbons (Fsp3) is 0.0769. The van der Waals surface area contributed by atoms with Gasteiger partial charge in [-0.1, -0.05) is 29.8 Å². The van der Waals surface area contributed by atoms with Gasteiger partial charge in [-0.25, -0.2) is 4.39 Å². The first-order valence-electron chi connectivity index (χ1n) is 5.49. The van der Waals surface area contributed by atoms with Gasteiger partial charge in [-0.15, -0.1) is 0 Å². The van der Waals surface area contributed by atoms with E-state index in [1.165, 1.54) is 24.3 Å². The summed E-state index contributed by atoms with van der Waals surface area (Å²) in [5.41, 5.74) is 1.04. The van der Waals surface area contributed by atoms with Gasteiger partial charge in [0.15, 0.2) is 0 Å². The van der Waals surface area contributed by atoms with Crippen LogP contribution in [0.2, 0.25) is 5.02 Å². The average molecular weight is 281 g/mol. The van der Waals surface area contributed by atoms with E-state index in [2.05, 4.69) is 5.32 Å². The Kier molecular flexibility index (Phi) is 3.97. The van der Waals surface area contributed by atoms with E-state index in [9.17, 15) is 14.5 Å². The zero-order valence-electron chi connectivity index (χ0n) is 9.77. The number of anilines is 1. The molecule has 4 nitrogen and oxygen atoms in total. The minimum absolute atomic E-state index is 0.0210. The molecule has 0 spiro atoms. The Labute approximate surface area is 114 Å². The van der Waals surface area contributed by atoms with Gasteiger partial charge in [0.25, 0.3) is 5.69 Å². The Balaban J connectivity index is 2.08. The summed E-state index contributed by atoms with van der Waals surface area (Å²) in [5, 5.41) is 13.7. The molecule has 0 aliphatic carbocycles. The van der Waals surface area contributed by atoms with Crippen molar-refractivity contribution in [2.45, 2.75) is 6.54 Å². The number of hydrogen-bond donors (Lipinski definition) is 1. The van der Waals surface area contributed by atoms with Gasteiger partial charge >= 0.3 is 0 Å². The summed E-state index contributed by atoms with van der Waals surface area (Å²) in [5.74, 6) is -0.436. The third-order valence-electron chi connectivity index (χ3n) is 2.58. The molecule has 0 fully saturated rings. The highest BCUT2D eigenvalue weighted by atomic mass is 35.5. The second-order valence-electron chi connectivity index (χ2n) is 3.87. The standard InChI is InChI=1S/C13H10ClFN2O2/c14-11-2-1-3-12(15)13(11)16-8-9-4-6-10(7-5-9)17(18)19/h1-7,16H,8H2. The molecule has 0 bridgehead atoms. The number of halogens is 2. The topological polar surface area (TPSA) is 55.2 Å². The van der Waals surface area contributed by atoms with Gasteiger partial charge < -0.3 is 5.32 Å². The quantitative estimate of drug-likeness (QED) is 0.680. The Morgan fingerprint density at radius 3 is 2.47 bits per heavy atom. The Morgan fingerprint density at radius 2 is 1.89 bits per heavy atom. The van der Waals surface area contributed by atoms with E-state index in [1.807, 2.05) is 0 Å². The van der Waals surface area contributed by atoms with Crippen LogP contribution in [-0.4, -0.2) is 4.92 Å². The van der Waals surface area contributed by atoms with Gasteiger partial charge in [0.05, 0.1) is 15.6 Å². The average Bonchev–Trinajstić information content (AvgIpc) is 2.38. The van der Waals surface area contributed by atoms with Crippen molar-refractivity contribution in [3.05, 3.63) is 69.0 Å². The molecule has 0 aliphatic rings. The first kappa shape index (κ1) is 13.3. The summed E-state index contributed by atoms with van der Waals surface area (Å²) in [6.07, 6.45) is 0. The SMILES string of the molecule is O=[N+]([O-])c1ccc(CNc2c(F)cccc2Cl)cc1. The Hall–Kier alpha value is -2.14. The third-order valence-corrected chi connectivity index (χ3v) is 2.89. The van der Waals surface area contributed by atoms with Gasteiger partial charge in [-0.3, -0.25) is 10.1 Å². The van der Waals surface area contributed by atoms with Crippen LogP contribution in [0.25, 0.3) is 0 Å². The zero-order valence-corrected chi connectivity index (χ0v) is 10.5. The van der Waals surface area contributed by atoms with Crippen molar-refractivity contribution in [3.63, 3.8) is 0 Å². The molecule has 0 radical (unpaired) electrons. The predicted molar refractivity (Wildman–Crippen MR) is 71.8 cm³/mol. The maximum atomic E-state index is 13.5. The van der Waals surface area contributed by atoms with Crippen molar-refractivity contribution in [3.8, 4) is 0 Å². The van der Waals surface area contributed by atoms with Crippen LogP contribution >= 0.6 is 11.6 Å². The molecule has 98 valence electrons. The summed E-state index contributed by atoms with van der Waals surface area (Å²) >= 11 is 5.87. The van der Waals surface area contributed by atoms with Crippen LogP contribution in [0.4, 0.5) is 15.8 Å². The summed E-state index contributed by atoms with van der Waals surface area (Å²) in [4.78, 5) is 10.0. The van der Waals surface area contributed by atoms with Gasteiger partial charge in [0.1, 0.15) is 5.82 Å². The fourth-order valence-corrected chi connectivity index (χ4v) is 1.82. The molecule has 0 aliphatic heterocycles. The number of non-ortho nitro benzene ring substituents is 1. The molecule has 2 aromatic rings. The molecule has 0 amide bonds. The number of rotatable bonds is 4. The maximum Gasteiger partial charge on any atom is 0.269 e. The van der Waals surface area contributed by atoms with Crippen LogP contribution in [-0.2, 0) is 6.54 Å². The van der Waals surface area contributed by atoms with Gasteiger partial charge in [-0.2, -0.15) is 0 Å². The third kappa shape index (κ3) is 3.20. The van der Waals surface area contributed by atoms with Crippen LogP contribution in [0.5, 0.6) is 0 Å². The van der Waals surface area contributed by atoms with Crippen LogP contribution in [0.15, 0.2) is 42.5 Å². The lowest BCUT2D eigenvalue weighted by Crippen LogP contribution is -2.02. The summed E-state index contributed by atoms with van der Waals surface area (Å²) in [6.45, 7) is 0.332. The number of nitro groups is 1. The summed E-state index contributed by atoms with van der Waals surface area (Å²) in [7, 11) is 0. The number of hydrogen-bond acceptors (Lipinski definition) is 3. The molecule has 0 aromatic heterocycles. The van der Waals surface area contributed by atoms with E-state index in [0.29, 0.717) is 11.6 Å². The van der Waals surface area contributed by atoms with Crippen molar-refractivity contribution in [1.29, 1.82) is 0 Å².